The molecule has 1 aromatic heterocycles. The first kappa shape index (κ1) is 26.6. The molecule has 194 valence electrons. The van der Waals surface area contributed by atoms with E-state index in [1.807, 2.05) is 76.2 Å². The van der Waals surface area contributed by atoms with Gasteiger partial charge in [0.2, 0.25) is 0 Å². The van der Waals surface area contributed by atoms with Crippen LogP contribution in [0.3, 0.4) is 0 Å². The van der Waals surface area contributed by atoms with Crippen molar-refractivity contribution in [3.63, 3.8) is 0 Å². The SMILES string of the molecule is Cc1ccc(C)c(OCC(=O)NCCc2nc3ccccc3n2CCCOc2cc(C)c(Cl)c(C)c2)c1. The van der Waals surface area contributed by atoms with E-state index in [4.69, 9.17) is 26.1 Å². The van der Waals surface area contributed by atoms with Crippen molar-refractivity contribution in [2.75, 3.05) is 19.8 Å². The van der Waals surface area contributed by atoms with Crippen LogP contribution in [0.1, 0.15) is 34.5 Å². The average molecular weight is 520 g/mol. The zero-order chi connectivity index (χ0) is 26.4. The molecule has 0 aliphatic heterocycles. The molecule has 0 saturated carbocycles. The summed E-state index contributed by atoms with van der Waals surface area (Å²) in [6, 6.07) is 18.0. The van der Waals surface area contributed by atoms with E-state index in [0.717, 1.165) is 68.6 Å². The summed E-state index contributed by atoms with van der Waals surface area (Å²) in [6.07, 6.45) is 1.45. The molecular formula is C30H34ClN3O3. The standard InChI is InChI=1S/C30H34ClN3O3/c1-20-10-11-21(2)27(16-20)37-19-29(35)32-13-12-28-33-25-8-5-6-9-26(25)34(28)14-7-15-36-24-17-22(3)30(31)23(4)18-24/h5-6,8-11,16-18H,7,12-15,19H2,1-4H3,(H,32,35). The number of hydrogen-bond donors (Lipinski definition) is 1. The highest BCUT2D eigenvalue weighted by molar-refractivity contribution is 6.32. The first-order valence-corrected chi connectivity index (χ1v) is 13.0. The molecule has 37 heavy (non-hydrogen) atoms. The predicted molar refractivity (Wildman–Crippen MR) is 149 cm³/mol. The summed E-state index contributed by atoms with van der Waals surface area (Å²) in [5.74, 6) is 2.37. The highest BCUT2D eigenvalue weighted by Crippen LogP contribution is 2.26. The van der Waals surface area contributed by atoms with Crippen LogP contribution in [0.2, 0.25) is 5.02 Å². The second kappa shape index (κ2) is 12.2. The summed E-state index contributed by atoms with van der Waals surface area (Å²) in [5, 5.41) is 3.74. The average Bonchev–Trinajstić information content (AvgIpc) is 3.22. The van der Waals surface area contributed by atoms with Gasteiger partial charge in [-0.25, -0.2) is 4.98 Å². The first-order chi connectivity index (χ1) is 17.8. The molecule has 0 bridgehead atoms. The Bertz CT molecular complexity index is 1370. The number of aromatic nitrogens is 2. The number of halogens is 1. The van der Waals surface area contributed by atoms with Crippen LogP contribution in [0.4, 0.5) is 0 Å². The Morgan fingerprint density at radius 2 is 1.73 bits per heavy atom. The molecule has 1 amide bonds. The van der Waals surface area contributed by atoms with Crippen LogP contribution in [-0.4, -0.2) is 35.2 Å². The highest BCUT2D eigenvalue weighted by atomic mass is 35.5. The molecule has 1 heterocycles. The Morgan fingerprint density at radius 1 is 0.973 bits per heavy atom. The number of rotatable bonds is 11. The third-order valence-corrected chi connectivity index (χ3v) is 6.91. The topological polar surface area (TPSA) is 65.4 Å². The quantitative estimate of drug-likeness (QED) is 0.242. The van der Waals surface area contributed by atoms with Crippen LogP contribution in [0.25, 0.3) is 11.0 Å². The Kier molecular flexibility index (Phi) is 8.72. The van der Waals surface area contributed by atoms with Gasteiger partial charge in [-0.1, -0.05) is 35.9 Å². The molecule has 0 saturated heterocycles. The molecule has 0 aliphatic carbocycles. The molecule has 0 spiro atoms. The van der Waals surface area contributed by atoms with E-state index >= 15 is 0 Å². The predicted octanol–water partition coefficient (Wildman–Crippen LogP) is 6.13. The molecule has 0 atom stereocenters. The van der Waals surface area contributed by atoms with E-state index in [-0.39, 0.29) is 12.5 Å². The van der Waals surface area contributed by atoms with Gasteiger partial charge >= 0.3 is 0 Å². The van der Waals surface area contributed by atoms with Crippen LogP contribution in [0.15, 0.2) is 54.6 Å². The monoisotopic (exact) mass is 519 g/mol. The van der Waals surface area contributed by atoms with Gasteiger partial charge in [0.05, 0.1) is 17.6 Å². The van der Waals surface area contributed by atoms with Crippen molar-refractivity contribution >= 4 is 28.5 Å². The molecule has 4 aromatic rings. The van der Waals surface area contributed by atoms with E-state index in [0.29, 0.717) is 19.6 Å². The van der Waals surface area contributed by atoms with Gasteiger partial charge in [0.1, 0.15) is 17.3 Å². The van der Waals surface area contributed by atoms with Gasteiger partial charge in [-0.3, -0.25) is 4.79 Å². The Labute approximate surface area is 223 Å². The number of amides is 1. The van der Waals surface area contributed by atoms with E-state index in [1.54, 1.807) is 0 Å². The largest absolute Gasteiger partial charge is 0.494 e. The van der Waals surface area contributed by atoms with Crippen molar-refractivity contribution in [3.8, 4) is 11.5 Å². The number of para-hydroxylation sites is 2. The Balaban J connectivity index is 1.31. The van der Waals surface area contributed by atoms with Gasteiger partial charge in [-0.15, -0.1) is 0 Å². The molecule has 1 N–H and O–H groups in total. The number of carbonyl (C=O) groups excluding carboxylic acids is 1. The number of nitrogens with zero attached hydrogens (tertiary/aromatic N) is 2. The molecule has 4 rings (SSSR count). The maximum absolute atomic E-state index is 12.4. The minimum Gasteiger partial charge on any atom is -0.494 e. The maximum Gasteiger partial charge on any atom is 0.257 e. The van der Waals surface area contributed by atoms with Crippen molar-refractivity contribution in [1.29, 1.82) is 0 Å². The van der Waals surface area contributed by atoms with Gasteiger partial charge in [0, 0.05) is 24.5 Å². The number of benzene rings is 3. The molecule has 7 heteroatoms. The fourth-order valence-electron chi connectivity index (χ4n) is 4.34. The summed E-state index contributed by atoms with van der Waals surface area (Å²) < 4.78 is 13.9. The summed E-state index contributed by atoms with van der Waals surface area (Å²) in [6.45, 7) is 9.77. The molecule has 0 fully saturated rings. The number of imidazole rings is 1. The lowest BCUT2D eigenvalue weighted by molar-refractivity contribution is -0.123. The first-order valence-electron chi connectivity index (χ1n) is 12.6. The van der Waals surface area contributed by atoms with Crippen molar-refractivity contribution in [2.24, 2.45) is 0 Å². The Morgan fingerprint density at radius 3 is 2.51 bits per heavy atom. The number of aryl methyl sites for hydroxylation is 5. The lowest BCUT2D eigenvalue weighted by atomic mass is 10.1. The van der Waals surface area contributed by atoms with E-state index in [9.17, 15) is 4.79 Å². The summed E-state index contributed by atoms with van der Waals surface area (Å²) in [4.78, 5) is 17.2. The second-order valence-corrected chi connectivity index (χ2v) is 9.78. The summed E-state index contributed by atoms with van der Waals surface area (Å²) >= 11 is 6.27. The molecule has 0 radical (unpaired) electrons. The fourth-order valence-corrected chi connectivity index (χ4v) is 4.45. The van der Waals surface area contributed by atoms with Gasteiger partial charge in [0.15, 0.2) is 6.61 Å². The summed E-state index contributed by atoms with van der Waals surface area (Å²) in [5.41, 5.74) is 6.18. The van der Waals surface area contributed by atoms with Crippen LogP contribution in [0.5, 0.6) is 11.5 Å². The number of fused-ring (bicyclic) bond motifs is 1. The van der Waals surface area contributed by atoms with Crippen molar-refractivity contribution in [1.82, 2.24) is 14.9 Å². The van der Waals surface area contributed by atoms with E-state index in [2.05, 4.69) is 16.0 Å². The van der Waals surface area contributed by atoms with Crippen molar-refractivity contribution in [2.45, 2.75) is 47.1 Å². The third-order valence-electron chi connectivity index (χ3n) is 6.31. The molecular weight excluding hydrogens is 486 g/mol. The normalized spacial score (nSPS) is 11.1. The lowest BCUT2D eigenvalue weighted by Gasteiger charge is -2.13. The third kappa shape index (κ3) is 6.83. The number of ether oxygens (including phenoxy) is 2. The molecule has 6 nitrogen and oxygen atoms in total. The highest BCUT2D eigenvalue weighted by Gasteiger charge is 2.12. The van der Waals surface area contributed by atoms with Gasteiger partial charge < -0.3 is 19.4 Å². The van der Waals surface area contributed by atoms with Crippen molar-refractivity contribution in [3.05, 3.63) is 87.7 Å². The zero-order valence-electron chi connectivity index (χ0n) is 21.9. The van der Waals surface area contributed by atoms with Gasteiger partial charge in [-0.05, 0) is 86.7 Å². The molecule has 0 aliphatic rings. The number of nitrogens with one attached hydrogen (secondary N) is 1. The van der Waals surface area contributed by atoms with E-state index in [1.165, 1.54) is 0 Å². The fraction of sp³-hybridized carbons (Fsp3) is 0.333. The number of carbonyl (C=O) groups is 1. The maximum atomic E-state index is 12.4. The zero-order valence-corrected chi connectivity index (χ0v) is 22.7. The van der Waals surface area contributed by atoms with E-state index < -0.39 is 0 Å². The molecule has 3 aromatic carbocycles. The Hall–Kier alpha value is -3.51. The van der Waals surface area contributed by atoms with Gasteiger partial charge in [0.25, 0.3) is 5.91 Å². The lowest BCUT2D eigenvalue weighted by Crippen LogP contribution is -2.31. The van der Waals surface area contributed by atoms with Crippen LogP contribution < -0.4 is 14.8 Å². The summed E-state index contributed by atoms with van der Waals surface area (Å²) in [7, 11) is 0. The van der Waals surface area contributed by atoms with Crippen LogP contribution >= 0.6 is 11.6 Å². The van der Waals surface area contributed by atoms with Crippen molar-refractivity contribution < 1.29 is 14.3 Å². The van der Waals surface area contributed by atoms with Crippen LogP contribution in [0, 0.1) is 27.7 Å². The minimum absolute atomic E-state index is 0.0122. The molecule has 0 unspecified atom stereocenters. The smallest absolute Gasteiger partial charge is 0.257 e. The van der Waals surface area contributed by atoms with Gasteiger partial charge in [-0.2, -0.15) is 0 Å². The second-order valence-electron chi connectivity index (χ2n) is 9.40. The van der Waals surface area contributed by atoms with Crippen LogP contribution in [-0.2, 0) is 17.8 Å². The number of hydrogen-bond acceptors (Lipinski definition) is 4. The minimum atomic E-state index is -0.148.